The van der Waals surface area contributed by atoms with Crippen LogP contribution in [0.3, 0.4) is 0 Å². The number of aryl methyl sites for hydroxylation is 2. The fourth-order valence-electron chi connectivity index (χ4n) is 3.27. The molecular formula is C19H22N6O2S. The number of hydrogen-bond donors (Lipinski definition) is 1. The van der Waals surface area contributed by atoms with Crippen LogP contribution in [-0.2, 0) is 24.2 Å². The first-order valence-electron chi connectivity index (χ1n) is 9.32. The molecule has 0 bridgehead atoms. The third kappa shape index (κ3) is 4.24. The van der Waals surface area contributed by atoms with E-state index in [0.29, 0.717) is 17.7 Å². The van der Waals surface area contributed by atoms with Crippen LogP contribution >= 0.6 is 11.8 Å². The largest absolute Gasteiger partial charge is 0.414 e. The van der Waals surface area contributed by atoms with Crippen molar-refractivity contribution in [2.45, 2.75) is 50.1 Å². The lowest BCUT2D eigenvalue weighted by atomic mass is 10.1. The van der Waals surface area contributed by atoms with Gasteiger partial charge in [-0.05, 0) is 48.4 Å². The van der Waals surface area contributed by atoms with E-state index in [1.54, 1.807) is 11.0 Å². The minimum absolute atomic E-state index is 0.0611. The number of carbonyl (C=O) groups excluding carboxylic acids is 1. The molecule has 1 aliphatic rings. The quantitative estimate of drug-likeness (QED) is 0.611. The van der Waals surface area contributed by atoms with Crippen LogP contribution in [0.4, 0.5) is 5.69 Å². The molecule has 0 saturated heterocycles. The summed E-state index contributed by atoms with van der Waals surface area (Å²) in [6.45, 7) is 4.36. The molecule has 2 heterocycles. The third-order valence-corrected chi connectivity index (χ3v) is 6.05. The topological polar surface area (TPSA) is 98.7 Å². The number of rotatable bonds is 7. The van der Waals surface area contributed by atoms with Crippen LogP contribution in [-0.4, -0.2) is 36.1 Å². The normalized spacial score (nSPS) is 14.2. The number of anilines is 1. The van der Waals surface area contributed by atoms with Gasteiger partial charge in [0.25, 0.3) is 5.22 Å². The summed E-state index contributed by atoms with van der Waals surface area (Å²) in [5, 5.41) is 15.2. The van der Waals surface area contributed by atoms with E-state index in [4.69, 9.17) is 4.42 Å². The number of aromatic nitrogens is 5. The van der Waals surface area contributed by atoms with Crippen molar-refractivity contribution in [1.29, 1.82) is 0 Å². The van der Waals surface area contributed by atoms with E-state index in [9.17, 15) is 4.79 Å². The van der Waals surface area contributed by atoms with Crippen molar-refractivity contribution in [3.63, 3.8) is 0 Å². The van der Waals surface area contributed by atoms with Crippen LogP contribution in [0.1, 0.15) is 37.3 Å². The minimum atomic E-state index is -0.340. The Kier molecular flexibility index (Phi) is 5.43. The smallest absolute Gasteiger partial charge is 0.277 e. The second kappa shape index (κ2) is 8.14. The Balaban J connectivity index is 1.42. The van der Waals surface area contributed by atoms with Crippen molar-refractivity contribution in [3.05, 3.63) is 47.9 Å². The molecule has 1 amide bonds. The van der Waals surface area contributed by atoms with Crippen molar-refractivity contribution in [3.8, 4) is 0 Å². The molecule has 0 aliphatic heterocycles. The van der Waals surface area contributed by atoms with Crippen LogP contribution < -0.4 is 5.32 Å². The number of benzene rings is 1. The Hall–Kier alpha value is -2.68. The van der Waals surface area contributed by atoms with Gasteiger partial charge in [-0.2, -0.15) is 5.10 Å². The first-order chi connectivity index (χ1) is 13.6. The van der Waals surface area contributed by atoms with Crippen LogP contribution in [0.2, 0.25) is 0 Å². The molecule has 4 rings (SSSR count). The highest BCUT2D eigenvalue weighted by atomic mass is 32.2. The average molecular weight is 398 g/mol. The maximum Gasteiger partial charge on any atom is 0.277 e. The maximum absolute atomic E-state index is 12.9. The van der Waals surface area contributed by atoms with Crippen LogP contribution in [0, 0.1) is 5.92 Å². The third-order valence-electron chi connectivity index (χ3n) is 4.67. The lowest BCUT2D eigenvalue weighted by Crippen LogP contribution is -2.29. The fraction of sp³-hybridized carbons (Fsp3) is 0.421. The highest BCUT2D eigenvalue weighted by Crippen LogP contribution is 2.30. The molecule has 1 aliphatic carbocycles. The number of carbonyl (C=O) groups is 1. The Morgan fingerprint density at radius 3 is 2.93 bits per heavy atom. The Morgan fingerprint density at radius 2 is 2.14 bits per heavy atom. The molecule has 0 radical (unpaired) electrons. The lowest BCUT2D eigenvalue weighted by Gasteiger charge is -2.18. The van der Waals surface area contributed by atoms with Gasteiger partial charge in [0.15, 0.2) is 0 Å². The molecule has 1 N–H and O–H groups in total. The molecule has 1 atom stereocenters. The SMILES string of the molecule is CC(C)C(Sc1nnc(Cn2cncn2)o1)C(=O)Nc1ccc2c(c1)CCC2. The zero-order valence-electron chi connectivity index (χ0n) is 15.8. The second-order valence-electron chi connectivity index (χ2n) is 7.16. The van der Waals surface area contributed by atoms with Crippen molar-refractivity contribution in [2.24, 2.45) is 5.92 Å². The summed E-state index contributed by atoms with van der Waals surface area (Å²) in [4.78, 5) is 16.8. The highest BCUT2D eigenvalue weighted by Gasteiger charge is 2.26. The summed E-state index contributed by atoms with van der Waals surface area (Å²) in [6, 6.07) is 6.18. The van der Waals surface area contributed by atoms with Crippen molar-refractivity contribution >= 4 is 23.4 Å². The lowest BCUT2D eigenvalue weighted by molar-refractivity contribution is -0.116. The van der Waals surface area contributed by atoms with E-state index >= 15 is 0 Å². The van der Waals surface area contributed by atoms with Crippen LogP contribution in [0.25, 0.3) is 0 Å². The van der Waals surface area contributed by atoms with Crippen LogP contribution in [0.15, 0.2) is 40.5 Å². The summed E-state index contributed by atoms with van der Waals surface area (Å²) in [5.41, 5.74) is 3.56. The summed E-state index contributed by atoms with van der Waals surface area (Å²) in [7, 11) is 0. The van der Waals surface area contributed by atoms with Crippen molar-refractivity contribution in [2.75, 3.05) is 5.32 Å². The first-order valence-corrected chi connectivity index (χ1v) is 10.2. The van der Waals surface area contributed by atoms with E-state index in [2.05, 4.69) is 37.7 Å². The molecule has 0 fully saturated rings. The van der Waals surface area contributed by atoms with Gasteiger partial charge >= 0.3 is 0 Å². The molecular weight excluding hydrogens is 376 g/mol. The first kappa shape index (κ1) is 18.7. The molecule has 0 saturated carbocycles. The van der Waals surface area contributed by atoms with E-state index in [1.807, 2.05) is 19.9 Å². The summed E-state index contributed by atoms with van der Waals surface area (Å²) in [6.07, 6.45) is 6.42. The summed E-state index contributed by atoms with van der Waals surface area (Å²) >= 11 is 1.29. The highest BCUT2D eigenvalue weighted by molar-refractivity contribution is 8.00. The number of nitrogens with zero attached hydrogens (tertiary/aromatic N) is 5. The van der Waals surface area contributed by atoms with Gasteiger partial charge in [-0.3, -0.25) is 4.79 Å². The van der Waals surface area contributed by atoms with Gasteiger partial charge in [0.2, 0.25) is 11.8 Å². The summed E-state index contributed by atoms with van der Waals surface area (Å²) in [5.74, 6) is 0.466. The predicted molar refractivity (Wildman–Crippen MR) is 105 cm³/mol. The molecule has 1 aromatic carbocycles. The van der Waals surface area contributed by atoms with Gasteiger partial charge in [0.1, 0.15) is 19.2 Å². The molecule has 1 unspecified atom stereocenters. The molecule has 8 nitrogen and oxygen atoms in total. The molecule has 9 heteroatoms. The Bertz CT molecular complexity index is 953. The molecule has 0 spiro atoms. The zero-order chi connectivity index (χ0) is 19.5. The summed E-state index contributed by atoms with van der Waals surface area (Å²) < 4.78 is 7.27. The monoisotopic (exact) mass is 398 g/mol. The Morgan fingerprint density at radius 1 is 1.29 bits per heavy atom. The second-order valence-corrected chi connectivity index (χ2v) is 8.26. The number of amides is 1. The molecule has 28 heavy (non-hydrogen) atoms. The number of fused-ring (bicyclic) bond motifs is 1. The number of nitrogens with one attached hydrogen (secondary N) is 1. The van der Waals surface area contributed by atoms with E-state index in [-0.39, 0.29) is 17.1 Å². The van der Waals surface area contributed by atoms with E-state index in [1.165, 1.54) is 35.6 Å². The molecule has 2 aromatic heterocycles. The van der Waals surface area contributed by atoms with Gasteiger partial charge in [-0.1, -0.05) is 31.7 Å². The van der Waals surface area contributed by atoms with Gasteiger partial charge in [0, 0.05) is 5.69 Å². The molecule has 146 valence electrons. The number of thioether (sulfide) groups is 1. The van der Waals surface area contributed by atoms with Gasteiger partial charge in [-0.15, -0.1) is 10.2 Å². The van der Waals surface area contributed by atoms with Gasteiger partial charge in [0.05, 0.1) is 5.25 Å². The van der Waals surface area contributed by atoms with Gasteiger partial charge in [-0.25, -0.2) is 9.67 Å². The zero-order valence-corrected chi connectivity index (χ0v) is 16.6. The van der Waals surface area contributed by atoms with Crippen LogP contribution in [0.5, 0.6) is 0 Å². The Labute approximate surface area is 167 Å². The fourth-order valence-corrected chi connectivity index (χ4v) is 4.15. The minimum Gasteiger partial charge on any atom is -0.414 e. The van der Waals surface area contributed by atoms with Gasteiger partial charge < -0.3 is 9.73 Å². The average Bonchev–Trinajstić information content (AvgIpc) is 3.41. The van der Waals surface area contributed by atoms with E-state index < -0.39 is 0 Å². The maximum atomic E-state index is 12.9. The number of hydrogen-bond acceptors (Lipinski definition) is 7. The standard InChI is InChI=1S/C19H22N6O2S/c1-12(2)17(18(26)22-15-7-6-13-4-3-5-14(13)8-15)28-19-24-23-16(27-19)9-25-11-20-10-21-25/h6-8,10-12,17H,3-5,9H2,1-2H3,(H,22,26). The predicted octanol–water partition coefficient (Wildman–Crippen LogP) is 2.95. The van der Waals surface area contributed by atoms with Crippen molar-refractivity contribution < 1.29 is 9.21 Å². The van der Waals surface area contributed by atoms with E-state index in [0.717, 1.165) is 18.5 Å². The van der Waals surface area contributed by atoms with Crippen molar-refractivity contribution in [1.82, 2.24) is 25.0 Å². The molecule has 3 aromatic rings.